The Morgan fingerprint density at radius 1 is 0.909 bits per heavy atom. The molecule has 0 aliphatic rings. The topological polar surface area (TPSA) is 27.1 Å². The van der Waals surface area contributed by atoms with Crippen molar-refractivity contribution in [2.75, 3.05) is 0 Å². The molecule has 0 aliphatic carbocycles. The van der Waals surface area contributed by atoms with E-state index in [0.717, 1.165) is 54.2 Å². The Kier molecular flexibility index (Phi) is 6.49. The predicted octanol–water partition coefficient (Wildman–Crippen LogP) is 7.83. The van der Waals surface area contributed by atoms with Gasteiger partial charge in [-0.2, -0.15) is 13.2 Å². The third-order valence-corrected chi connectivity index (χ3v) is 5.20. The van der Waals surface area contributed by atoms with Crippen molar-refractivity contribution in [2.24, 2.45) is 0 Å². The molecule has 33 heavy (non-hydrogen) atoms. The van der Waals surface area contributed by atoms with Crippen LogP contribution in [-0.4, -0.2) is 9.55 Å². The Labute approximate surface area is 189 Å². The lowest BCUT2D eigenvalue weighted by Gasteiger charge is -2.11. The third kappa shape index (κ3) is 5.25. The average molecular weight is 454 g/mol. The van der Waals surface area contributed by atoms with Crippen molar-refractivity contribution in [1.29, 1.82) is 0 Å². The van der Waals surface area contributed by atoms with Gasteiger partial charge in [-0.25, -0.2) is 9.37 Å². The van der Waals surface area contributed by atoms with Crippen LogP contribution in [0, 0.1) is 5.82 Å². The molecule has 3 aromatic carbocycles. The Morgan fingerprint density at radius 3 is 2.24 bits per heavy atom. The van der Waals surface area contributed by atoms with Crippen molar-refractivity contribution in [3.05, 3.63) is 96.2 Å². The highest BCUT2D eigenvalue weighted by Gasteiger charge is 2.34. The van der Waals surface area contributed by atoms with E-state index in [-0.39, 0.29) is 5.75 Å². The first-order valence-electron chi connectivity index (χ1n) is 10.6. The van der Waals surface area contributed by atoms with Crippen molar-refractivity contribution in [3.63, 3.8) is 0 Å². The van der Waals surface area contributed by atoms with Crippen LogP contribution >= 0.6 is 0 Å². The van der Waals surface area contributed by atoms with Crippen LogP contribution in [0.1, 0.15) is 31.2 Å². The van der Waals surface area contributed by atoms with Crippen molar-refractivity contribution in [1.82, 2.24) is 9.55 Å². The van der Waals surface area contributed by atoms with Gasteiger partial charge in [0.2, 0.25) is 0 Å². The summed E-state index contributed by atoms with van der Waals surface area (Å²) in [7, 11) is 0. The normalized spacial score (nSPS) is 11.5. The molecule has 1 heterocycles. The van der Waals surface area contributed by atoms with Crippen LogP contribution in [0.2, 0.25) is 0 Å². The third-order valence-electron chi connectivity index (χ3n) is 5.20. The summed E-state index contributed by atoms with van der Waals surface area (Å²) < 4.78 is 59.6. The van der Waals surface area contributed by atoms with E-state index in [2.05, 4.69) is 6.92 Å². The first-order valence-corrected chi connectivity index (χ1v) is 10.6. The van der Waals surface area contributed by atoms with Crippen LogP contribution in [0.3, 0.4) is 0 Å². The van der Waals surface area contributed by atoms with Gasteiger partial charge in [-0.15, -0.1) is 0 Å². The van der Waals surface area contributed by atoms with E-state index in [0.29, 0.717) is 11.8 Å². The zero-order valence-corrected chi connectivity index (χ0v) is 17.9. The zero-order chi connectivity index (χ0) is 23.4. The van der Waals surface area contributed by atoms with Crippen LogP contribution in [0.5, 0.6) is 11.5 Å². The highest BCUT2D eigenvalue weighted by atomic mass is 19.4. The van der Waals surface area contributed by atoms with Crippen LogP contribution in [0.4, 0.5) is 17.6 Å². The van der Waals surface area contributed by atoms with Gasteiger partial charge in [-0.05, 0) is 42.8 Å². The molecule has 7 heteroatoms. The molecule has 3 nitrogen and oxygen atoms in total. The number of unbranched alkanes of at least 4 members (excludes halogenated alkanes) is 1. The summed E-state index contributed by atoms with van der Waals surface area (Å²) in [5, 5.41) is 0. The second kappa shape index (κ2) is 9.48. The van der Waals surface area contributed by atoms with Gasteiger partial charge in [0.05, 0.1) is 11.3 Å². The fourth-order valence-corrected chi connectivity index (χ4v) is 3.50. The summed E-state index contributed by atoms with van der Waals surface area (Å²) in [6.45, 7) is 2.13. The summed E-state index contributed by atoms with van der Waals surface area (Å²) in [4.78, 5) is 4.82. The largest absolute Gasteiger partial charge is 0.457 e. The molecular weight excluding hydrogens is 432 g/mol. The molecule has 4 aromatic rings. The van der Waals surface area contributed by atoms with Crippen LogP contribution in [0.25, 0.3) is 16.9 Å². The van der Waals surface area contributed by atoms with Crippen LogP contribution in [-0.2, 0) is 12.6 Å². The number of hydrogen-bond acceptors (Lipinski definition) is 2. The molecule has 1 aromatic heterocycles. The number of alkyl halides is 3. The average Bonchev–Trinajstić information content (AvgIpc) is 3.22. The second-order valence-electron chi connectivity index (χ2n) is 7.62. The van der Waals surface area contributed by atoms with E-state index in [1.165, 1.54) is 0 Å². The van der Waals surface area contributed by atoms with E-state index < -0.39 is 17.6 Å². The molecule has 0 N–H and O–H groups in total. The molecule has 0 amide bonds. The highest BCUT2D eigenvalue weighted by molar-refractivity contribution is 5.59. The number of ether oxygens (including phenoxy) is 1. The van der Waals surface area contributed by atoms with Gasteiger partial charge in [-0.1, -0.05) is 43.7 Å². The summed E-state index contributed by atoms with van der Waals surface area (Å²) in [6, 6.07) is 19.5. The molecule has 0 spiro atoms. The van der Waals surface area contributed by atoms with Gasteiger partial charge in [0.1, 0.15) is 23.1 Å². The Bertz CT molecular complexity index is 1220. The maximum absolute atomic E-state index is 13.8. The monoisotopic (exact) mass is 454 g/mol. The zero-order valence-electron chi connectivity index (χ0n) is 17.9. The molecule has 0 saturated heterocycles. The van der Waals surface area contributed by atoms with Gasteiger partial charge >= 0.3 is 6.18 Å². The number of nitrogens with zero attached hydrogens (tertiary/aromatic N) is 2. The summed E-state index contributed by atoms with van der Waals surface area (Å²) in [6.07, 6.45) is 0.118. The van der Waals surface area contributed by atoms with E-state index in [9.17, 15) is 17.6 Å². The molecule has 0 atom stereocenters. The number of imidazole rings is 1. The van der Waals surface area contributed by atoms with Crippen molar-refractivity contribution < 1.29 is 22.3 Å². The molecule has 170 valence electrons. The van der Waals surface area contributed by atoms with Crippen LogP contribution in [0.15, 0.2) is 79.0 Å². The second-order valence-corrected chi connectivity index (χ2v) is 7.62. The molecule has 0 saturated carbocycles. The Balaban J connectivity index is 1.58. The van der Waals surface area contributed by atoms with Crippen molar-refractivity contribution in [2.45, 2.75) is 32.4 Å². The summed E-state index contributed by atoms with van der Waals surface area (Å²) in [5.41, 5.74) is 1.46. The lowest BCUT2D eigenvalue weighted by atomic mass is 10.2. The molecular formula is C26H22F4N2O. The molecule has 0 aliphatic heterocycles. The number of aromatic nitrogens is 2. The fourth-order valence-electron chi connectivity index (χ4n) is 3.50. The molecule has 4 rings (SSSR count). The first-order chi connectivity index (χ1) is 15.8. The Hall–Kier alpha value is -3.61. The smallest absolute Gasteiger partial charge is 0.419 e. The lowest BCUT2D eigenvalue weighted by molar-refractivity contribution is -0.140. The van der Waals surface area contributed by atoms with Crippen molar-refractivity contribution in [3.8, 4) is 28.4 Å². The quantitative estimate of drug-likeness (QED) is 0.266. The highest BCUT2D eigenvalue weighted by Crippen LogP contribution is 2.34. The van der Waals surface area contributed by atoms with E-state index in [4.69, 9.17) is 9.72 Å². The van der Waals surface area contributed by atoms with Gasteiger partial charge in [-0.3, -0.25) is 0 Å². The standard InChI is InChI=1S/C26H22F4N2O/c1-2-3-9-25-31-24(18-7-5-4-6-8-18)17-32(25)19-10-12-20(13-11-19)33-21-14-15-22(23(27)16-21)26(28,29)30/h4-8,10-17H,2-3,9H2,1H3. The molecule has 0 bridgehead atoms. The molecule has 0 unspecified atom stereocenters. The molecule has 0 radical (unpaired) electrons. The minimum absolute atomic E-state index is 0.00844. The Morgan fingerprint density at radius 2 is 1.61 bits per heavy atom. The van der Waals surface area contributed by atoms with Gasteiger partial charge in [0.15, 0.2) is 0 Å². The van der Waals surface area contributed by atoms with Crippen molar-refractivity contribution >= 4 is 0 Å². The first kappa shape index (κ1) is 22.6. The SMILES string of the molecule is CCCCc1nc(-c2ccccc2)cn1-c1ccc(Oc2ccc(C(F)(F)F)c(F)c2)cc1. The number of halogens is 4. The van der Waals surface area contributed by atoms with E-state index >= 15 is 0 Å². The lowest BCUT2D eigenvalue weighted by Crippen LogP contribution is -2.07. The van der Waals surface area contributed by atoms with Crippen LogP contribution < -0.4 is 4.74 Å². The maximum Gasteiger partial charge on any atom is 0.419 e. The number of aryl methyl sites for hydroxylation is 1. The van der Waals surface area contributed by atoms with E-state index in [1.807, 2.05) is 53.2 Å². The maximum atomic E-state index is 13.8. The minimum atomic E-state index is -4.75. The van der Waals surface area contributed by atoms with Gasteiger partial charge in [0, 0.05) is 29.9 Å². The van der Waals surface area contributed by atoms with E-state index in [1.54, 1.807) is 12.1 Å². The summed E-state index contributed by atoms with van der Waals surface area (Å²) >= 11 is 0. The number of hydrogen-bond donors (Lipinski definition) is 0. The van der Waals surface area contributed by atoms with Gasteiger partial charge < -0.3 is 9.30 Å². The molecule has 0 fully saturated rings. The summed E-state index contributed by atoms with van der Waals surface area (Å²) in [5.74, 6) is -0.0551. The predicted molar refractivity (Wildman–Crippen MR) is 119 cm³/mol. The number of rotatable bonds is 7. The van der Waals surface area contributed by atoms with Gasteiger partial charge in [0.25, 0.3) is 0 Å². The minimum Gasteiger partial charge on any atom is -0.457 e. The fraction of sp³-hybridized carbons (Fsp3) is 0.192. The number of benzene rings is 3.